The second kappa shape index (κ2) is 8.35. The summed E-state index contributed by atoms with van der Waals surface area (Å²) in [6, 6.07) is 3.52. The van der Waals surface area contributed by atoms with E-state index in [1.54, 1.807) is 6.07 Å². The summed E-state index contributed by atoms with van der Waals surface area (Å²) in [5.41, 5.74) is 1.41. The van der Waals surface area contributed by atoms with Gasteiger partial charge >= 0.3 is 0 Å². The summed E-state index contributed by atoms with van der Waals surface area (Å²) in [6.07, 6.45) is 0. The zero-order chi connectivity index (χ0) is 16.0. The molecule has 1 atom stereocenters. The minimum absolute atomic E-state index is 0.0897. The lowest BCUT2D eigenvalue weighted by molar-refractivity contribution is 0.0930. The number of nitrogens with zero attached hydrogens (tertiary/aromatic N) is 2. The number of hydrogen-bond donors (Lipinski definition) is 1. The maximum absolute atomic E-state index is 12.3. The van der Waals surface area contributed by atoms with Crippen molar-refractivity contribution in [1.82, 2.24) is 15.2 Å². The van der Waals surface area contributed by atoms with E-state index in [2.05, 4.69) is 29.0 Å². The highest BCUT2D eigenvalue weighted by molar-refractivity contribution is 6.29. The minimum atomic E-state index is -0.0964. The van der Waals surface area contributed by atoms with Crippen molar-refractivity contribution in [2.75, 3.05) is 19.6 Å². The molecule has 0 fully saturated rings. The first kappa shape index (κ1) is 17.9. The molecule has 0 aromatic carbocycles. The van der Waals surface area contributed by atoms with E-state index in [0.717, 1.165) is 25.3 Å². The Balaban J connectivity index is 2.75. The first-order valence-corrected chi connectivity index (χ1v) is 7.95. The number of aromatic nitrogens is 1. The van der Waals surface area contributed by atoms with E-state index in [1.807, 2.05) is 26.8 Å². The van der Waals surface area contributed by atoms with Gasteiger partial charge in [-0.15, -0.1) is 0 Å². The molecule has 0 spiro atoms. The van der Waals surface area contributed by atoms with Crippen molar-refractivity contribution < 1.29 is 4.79 Å². The normalized spacial score (nSPS) is 12.8. The molecule has 1 rings (SSSR count). The van der Waals surface area contributed by atoms with Gasteiger partial charge in [0.25, 0.3) is 5.91 Å². The molecular formula is C16H26ClN3O. The highest BCUT2D eigenvalue weighted by Crippen LogP contribution is 2.17. The number of amides is 1. The van der Waals surface area contributed by atoms with Gasteiger partial charge in [0.15, 0.2) is 0 Å². The van der Waals surface area contributed by atoms with Crippen LogP contribution >= 0.6 is 11.6 Å². The Bertz CT molecular complexity index is 473. The maximum Gasteiger partial charge on any atom is 0.251 e. The van der Waals surface area contributed by atoms with Crippen LogP contribution in [0.5, 0.6) is 0 Å². The third kappa shape index (κ3) is 5.64. The van der Waals surface area contributed by atoms with E-state index in [-0.39, 0.29) is 17.9 Å². The molecule has 1 heterocycles. The fraction of sp³-hybridized carbons (Fsp3) is 0.625. The number of nitrogens with one attached hydrogen (secondary N) is 1. The predicted octanol–water partition coefficient (Wildman–Crippen LogP) is 3.32. The highest BCUT2D eigenvalue weighted by atomic mass is 35.5. The van der Waals surface area contributed by atoms with E-state index in [1.165, 1.54) is 0 Å². The molecule has 5 heteroatoms. The summed E-state index contributed by atoms with van der Waals surface area (Å²) >= 11 is 6.00. The number of pyridine rings is 1. The third-order valence-electron chi connectivity index (χ3n) is 3.47. The smallest absolute Gasteiger partial charge is 0.251 e. The van der Waals surface area contributed by atoms with Crippen molar-refractivity contribution in [2.45, 2.75) is 46.6 Å². The molecule has 4 nitrogen and oxygen atoms in total. The average Bonchev–Trinajstić information content (AvgIpc) is 2.43. The average molecular weight is 312 g/mol. The molecule has 0 radical (unpaired) electrons. The number of carbonyl (C=O) groups is 1. The van der Waals surface area contributed by atoms with Crippen LogP contribution in [0.3, 0.4) is 0 Å². The van der Waals surface area contributed by atoms with Gasteiger partial charge in [-0.2, -0.15) is 0 Å². The van der Waals surface area contributed by atoms with Crippen molar-refractivity contribution in [3.8, 4) is 0 Å². The van der Waals surface area contributed by atoms with Crippen LogP contribution in [0.2, 0.25) is 5.15 Å². The van der Waals surface area contributed by atoms with Crippen LogP contribution in [0, 0.1) is 0 Å². The Morgan fingerprint density at radius 3 is 2.43 bits per heavy atom. The first-order chi connectivity index (χ1) is 9.87. The van der Waals surface area contributed by atoms with E-state index in [0.29, 0.717) is 10.7 Å². The first-order valence-electron chi connectivity index (χ1n) is 7.58. The van der Waals surface area contributed by atoms with E-state index in [9.17, 15) is 4.79 Å². The van der Waals surface area contributed by atoms with Gasteiger partial charge in [0.2, 0.25) is 0 Å². The molecule has 0 aliphatic heterocycles. The van der Waals surface area contributed by atoms with Crippen LogP contribution in [0.4, 0.5) is 0 Å². The van der Waals surface area contributed by atoms with Gasteiger partial charge in [-0.3, -0.25) is 4.79 Å². The van der Waals surface area contributed by atoms with E-state index in [4.69, 9.17) is 11.6 Å². The standard InChI is InChI=1S/C16H26ClN3O/c1-6-20(7-2)10-12(5)18-16(21)13-8-14(11(3)4)19-15(17)9-13/h8-9,11-12H,6-7,10H2,1-5H3,(H,18,21). The Hall–Kier alpha value is -1.13. The lowest BCUT2D eigenvalue weighted by Crippen LogP contribution is -2.42. The third-order valence-corrected chi connectivity index (χ3v) is 3.67. The van der Waals surface area contributed by atoms with E-state index < -0.39 is 0 Å². The van der Waals surface area contributed by atoms with Gasteiger partial charge in [0.05, 0.1) is 0 Å². The molecule has 0 saturated carbocycles. The monoisotopic (exact) mass is 311 g/mol. The molecular weight excluding hydrogens is 286 g/mol. The van der Waals surface area contributed by atoms with Crippen molar-refractivity contribution in [2.24, 2.45) is 0 Å². The number of rotatable bonds is 7. The maximum atomic E-state index is 12.3. The molecule has 1 N–H and O–H groups in total. The van der Waals surface area contributed by atoms with Crippen molar-refractivity contribution in [3.05, 3.63) is 28.5 Å². The van der Waals surface area contributed by atoms with Crippen LogP contribution in [0.1, 0.15) is 56.6 Å². The van der Waals surface area contributed by atoms with Gasteiger partial charge < -0.3 is 10.2 Å². The van der Waals surface area contributed by atoms with Gasteiger partial charge in [0.1, 0.15) is 5.15 Å². The number of halogens is 1. The lowest BCUT2D eigenvalue weighted by Gasteiger charge is -2.23. The summed E-state index contributed by atoms with van der Waals surface area (Å²) in [5, 5.41) is 3.39. The molecule has 1 unspecified atom stereocenters. The highest BCUT2D eigenvalue weighted by Gasteiger charge is 2.14. The fourth-order valence-electron chi connectivity index (χ4n) is 2.17. The number of carbonyl (C=O) groups excluding carboxylic acids is 1. The van der Waals surface area contributed by atoms with Crippen LogP contribution in [-0.2, 0) is 0 Å². The Labute approximate surface area is 132 Å². The summed E-state index contributed by atoms with van der Waals surface area (Å²) in [6.45, 7) is 13.1. The fourth-order valence-corrected chi connectivity index (χ4v) is 2.38. The second-order valence-electron chi connectivity index (χ2n) is 5.62. The zero-order valence-electron chi connectivity index (χ0n) is 13.6. The van der Waals surface area contributed by atoms with Gasteiger partial charge in [-0.25, -0.2) is 4.98 Å². The molecule has 1 aromatic heterocycles. The molecule has 1 amide bonds. The predicted molar refractivity (Wildman–Crippen MR) is 88.1 cm³/mol. The Morgan fingerprint density at radius 2 is 1.90 bits per heavy atom. The quantitative estimate of drug-likeness (QED) is 0.786. The molecule has 0 saturated heterocycles. The van der Waals surface area contributed by atoms with E-state index >= 15 is 0 Å². The molecule has 0 aliphatic rings. The van der Waals surface area contributed by atoms with Crippen LogP contribution in [0.25, 0.3) is 0 Å². The van der Waals surface area contributed by atoms with Gasteiger partial charge in [0, 0.05) is 23.8 Å². The van der Waals surface area contributed by atoms with Gasteiger partial charge in [-0.1, -0.05) is 39.3 Å². The molecule has 21 heavy (non-hydrogen) atoms. The summed E-state index contributed by atoms with van der Waals surface area (Å²) in [4.78, 5) is 18.9. The molecule has 118 valence electrons. The lowest BCUT2D eigenvalue weighted by atomic mass is 10.1. The molecule has 0 bridgehead atoms. The summed E-state index contributed by atoms with van der Waals surface area (Å²) in [5.74, 6) is 0.143. The minimum Gasteiger partial charge on any atom is -0.348 e. The number of likely N-dealkylation sites (N-methyl/N-ethyl adjacent to an activating group) is 1. The van der Waals surface area contributed by atoms with Crippen molar-refractivity contribution in [3.63, 3.8) is 0 Å². The topological polar surface area (TPSA) is 45.2 Å². The SMILES string of the molecule is CCN(CC)CC(C)NC(=O)c1cc(Cl)nc(C(C)C)c1. The molecule has 0 aliphatic carbocycles. The summed E-state index contributed by atoms with van der Waals surface area (Å²) in [7, 11) is 0. The van der Waals surface area contributed by atoms with Crippen LogP contribution in [-0.4, -0.2) is 41.5 Å². The van der Waals surface area contributed by atoms with Crippen LogP contribution in [0.15, 0.2) is 12.1 Å². The molecule has 1 aromatic rings. The van der Waals surface area contributed by atoms with Crippen LogP contribution < -0.4 is 5.32 Å². The van der Waals surface area contributed by atoms with Crippen molar-refractivity contribution >= 4 is 17.5 Å². The Kier molecular flexibility index (Phi) is 7.12. The van der Waals surface area contributed by atoms with Gasteiger partial charge in [-0.05, 0) is 38.1 Å². The second-order valence-corrected chi connectivity index (χ2v) is 6.01. The Morgan fingerprint density at radius 1 is 1.29 bits per heavy atom. The zero-order valence-corrected chi connectivity index (χ0v) is 14.4. The number of hydrogen-bond acceptors (Lipinski definition) is 3. The summed E-state index contributed by atoms with van der Waals surface area (Å²) < 4.78 is 0. The van der Waals surface area contributed by atoms with Crippen molar-refractivity contribution in [1.29, 1.82) is 0 Å². The largest absolute Gasteiger partial charge is 0.348 e.